The molecular formula is C60H50FIrN3OSi-2. The molecule has 0 saturated heterocycles. The van der Waals surface area contributed by atoms with Crippen LogP contribution < -0.4 is 5.19 Å². The topological polar surface area (TPSA) is 43.9 Å². The normalized spacial score (nSPS) is 11.8. The van der Waals surface area contributed by atoms with E-state index in [1.165, 1.54) is 10.8 Å². The van der Waals surface area contributed by atoms with Crippen molar-refractivity contribution in [3.8, 4) is 50.6 Å². The van der Waals surface area contributed by atoms with Crippen LogP contribution in [-0.2, 0) is 25.5 Å². The summed E-state index contributed by atoms with van der Waals surface area (Å²) in [5, 5.41) is 4.92. The average Bonchev–Trinajstić information content (AvgIpc) is 3.91. The fraction of sp³-hybridized carbons (Fsp3) is 0.133. The summed E-state index contributed by atoms with van der Waals surface area (Å²) in [4.78, 5) is 9.78. The maximum Gasteiger partial charge on any atom is 0.131 e. The molecule has 1 radical (unpaired) electrons. The number of pyridine rings is 1. The molecule has 0 atom stereocenters. The predicted octanol–water partition coefficient (Wildman–Crippen LogP) is 15.7. The number of aromatic nitrogens is 3. The van der Waals surface area contributed by atoms with E-state index in [0.717, 1.165) is 94.5 Å². The molecule has 0 N–H and O–H groups in total. The van der Waals surface area contributed by atoms with Gasteiger partial charge in [-0.3, -0.25) is 4.98 Å². The third-order valence-electron chi connectivity index (χ3n) is 12.5. The van der Waals surface area contributed by atoms with Gasteiger partial charge in [-0.05, 0) is 80.3 Å². The number of fused-ring (bicyclic) bond motifs is 5. The number of hydrogen-bond acceptors (Lipinski definition) is 3. The van der Waals surface area contributed by atoms with Crippen molar-refractivity contribution in [1.29, 1.82) is 0 Å². The Hall–Kier alpha value is -6.76. The molecule has 0 fully saturated rings. The Morgan fingerprint density at radius 1 is 0.672 bits per heavy atom. The first-order valence-electron chi connectivity index (χ1n) is 22.5. The van der Waals surface area contributed by atoms with Crippen molar-refractivity contribution >= 4 is 57.0 Å². The van der Waals surface area contributed by atoms with Crippen molar-refractivity contribution in [2.45, 2.75) is 52.8 Å². The summed E-state index contributed by atoms with van der Waals surface area (Å²) in [5.74, 6) is 0.539. The number of nitrogens with zero attached hydrogens (tertiary/aromatic N) is 3. The van der Waals surface area contributed by atoms with E-state index in [2.05, 4.69) is 166 Å². The van der Waals surface area contributed by atoms with E-state index in [9.17, 15) is 4.39 Å². The van der Waals surface area contributed by atoms with Gasteiger partial charge in [0, 0.05) is 48.3 Å². The molecule has 0 aliphatic rings. The first-order chi connectivity index (χ1) is 31.8. The van der Waals surface area contributed by atoms with E-state index in [-0.39, 0.29) is 31.3 Å². The van der Waals surface area contributed by atoms with E-state index >= 15 is 0 Å². The number of furan rings is 1. The van der Waals surface area contributed by atoms with Gasteiger partial charge in [0.15, 0.2) is 0 Å². The van der Waals surface area contributed by atoms with Crippen LogP contribution in [0.15, 0.2) is 180 Å². The van der Waals surface area contributed by atoms with Crippen LogP contribution in [0.4, 0.5) is 4.39 Å². The minimum absolute atomic E-state index is 0. The molecule has 7 heteroatoms. The fourth-order valence-electron chi connectivity index (χ4n) is 8.86. The maximum atomic E-state index is 14.7. The summed E-state index contributed by atoms with van der Waals surface area (Å²) in [6.07, 6.45) is 2.02. The van der Waals surface area contributed by atoms with Gasteiger partial charge in [-0.1, -0.05) is 161 Å². The summed E-state index contributed by atoms with van der Waals surface area (Å²) in [7, 11) is -1.23. The smallest absolute Gasteiger partial charge is 0.131 e. The van der Waals surface area contributed by atoms with Crippen molar-refractivity contribution in [2.24, 2.45) is 0 Å². The molecule has 3 heterocycles. The Bertz CT molecular complexity index is 3570. The Labute approximate surface area is 406 Å². The van der Waals surface area contributed by atoms with Crippen LogP contribution in [0, 0.1) is 24.9 Å². The van der Waals surface area contributed by atoms with Gasteiger partial charge in [0.25, 0.3) is 0 Å². The monoisotopic (exact) mass is 1070 g/mol. The predicted molar refractivity (Wildman–Crippen MR) is 276 cm³/mol. The number of benzene rings is 8. The van der Waals surface area contributed by atoms with Crippen molar-refractivity contribution < 1.29 is 28.9 Å². The zero-order valence-electron chi connectivity index (χ0n) is 38.7. The van der Waals surface area contributed by atoms with Crippen LogP contribution in [0.2, 0.25) is 19.6 Å². The number of aryl methyl sites for hydroxylation is 1. The van der Waals surface area contributed by atoms with E-state index in [1.807, 2.05) is 72.9 Å². The molecular weight excluding hydrogens is 1020 g/mol. The SMILES string of the molecule is C[Si](C)(C)c1ccc(-c2[c-]cccc2)nc1.Cc1c[c-]c(-c2nc3ccccc3n2-c2ccc(C(C)(C)C)cc2-c2ccccc2)c2oc3cc(-c4ccc(F)c5ccccc45)ccc3c12.[Ir]. The largest absolute Gasteiger partial charge is 0.501 e. The summed E-state index contributed by atoms with van der Waals surface area (Å²) in [6, 6.07) is 64.0. The number of hydrogen-bond donors (Lipinski definition) is 0. The second kappa shape index (κ2) is 18.1. The minimum Gasteiger partial charge on any atom is -0.501 e. The van der Waals surface area contributed by atoms with Gasteiger partial charge in [-0.2, -0.15) is 0 Å². The Balaban J connectivity index is 0.000000281. The number of imidazole rings is 1. The molecule has 3 aromatic heterocycles. The Morgan fingerprint density at radius 2 is 1.42 bits per heavy atom. The standard InChI is InChI=1S/C46H34FN2O.C14H16NSi.Ir/c1-28-18-21-36(44-43(28)35-22-19-30(26-42(35)50-44)32-23-24-38(47)34-15-9-8-14-33(32)34)45-48-39-16-10-11-17-41(39)49(45)40-25-20-31(46(2,3)4)27-37(40)29-12-6-5-7-13-29;1-16(2,3)13-9-10-14(15-11-13)12-7-5-4-6-8-12;/h5-20,22-27H,1-4H3;4-7,9-11H,1-3H3;/q2*-1;. The second-order valence-corrected chi connectivity index (χ2v) is 24.1. The third kappa shape index (κ3) is 8.71. The molecule has 333 valence electrons. The van der Waals surface area contributed by atoms with Gasteiger partial charge in [0.2, 0.25) is 0 Å². The molecule has 0 spiro atoms. The quantitative estimate of drug-likeness (QED) is 0.123. The van der Waals surface area contributed by atoms with Crippen LogP contribution in [0.5, 0.6) is 0 Å². The van der Waals surface area contributed by atoms with E-state index < -0.39 is 8.07 Å². The maximum absolute atomic E-state index is 14.7. The molecule has 11 aromatic rings. The molecule has 0 amide bonds. The van der Waals surface area contributed by atoms with Gasteiger partial charge >= 0.3 is 0 Å². The molecule has 8 aromatic carbocycles. The zero-order valence-corrected chi connectivity index (χ0v) is 42.1. The van der Waals surface area contributed by atoms with Gasteiger partial charge in [0.05, 0.1) is 30.5 Å². The van der Waals surface area contributed by atoms with Crippen LogP contribution >= 0.6 is 0 Å². The third-order valence-corrected chi connectivity index (χ3v) is 14.5. The molecule has 4 nitrogen and oxygen atoms in total. The van der Waals surface area contributed by atoms with Gasteiger partial charge in [-0.15, -0.1) is 53.6 Å². The molecule has 0 unspecified atom stereocenters. The van der Waals surface area contributed by atoms with Crippen molar-refractivity contribution in [1.82, 2.24) is 14.5 Å². The molecule has 0 saturated carbocycles. The summed E-state index contributed by atoms with van der Waals surface area (Å²) in [5.41, 5.74) is 13.8. The average molecular weight is 1070 g/mol. The zero-order chi connectivity index (χ0) is 45.7. The minimum atomic E-state index is -1.23. The van der Waals surface area contributed by atoms with Gasteiger partial charge < -0.3 is 14.0 Å². The van der Waals surface area contributed by atoms with Gasteiger partial charge in [0.1, 0.15) is 11.4 Å². The molecule has 0 bridgehead atoms. The molecule has 67 heavy (non-hydrogen) atoms. The van der Waals surface area contributed by atoms with Crippen LogP contribution in [0.25, 0.3) is 94.3 Å². The van der Waals surface area contributed by atoms with E-state index in [0.29, 0.717) is 5.39 Å². The second-order valence-electron chi connectivity index (χ2n) is 19.1. The number of halogens is 1. The van der Waals surface area contributed by atoms with Crippen molar-refractivity contribution in [3.63, 3.8) is 0 Å². The summed E-state index contributed by atoms with van der Waals surface area (Å²) < 4.78 is 23.8. The molecule has 11 rings (SSSR count). The van der Waals surface area contributed by atoms with Gasteiger partial charge in [-0.25, -0.2) is 4.39 Å². The van der Waals surface area contributed by atoms with Crippen LogP contribution in [-0.4, -0.2) is 22.6 Å². The molecule has 0 aliphatic heterocycles. The number of para-hydroxylation sites is 2. The summed E-state index contributed by atoms with van der Waals surface area (Å²) in [6.45, 7) is 15.8. The first kappa shape index (κ1) is 45.4. The number of rotatable bonds is 6. The van der Waals surface area contributed by atoms with E-state index in [4.69, 9.17) is 9.40 Å². The fourth-order valence-corrected chi connectivity index (χ4v) is 9.90. The van der Waals surface area contributed by atoms with Crippen LogP contribution in [0.3, 0.4) is 0 Å². The Morgan fingerprint density at radius 3 is 2.15 bits per heavy atom. The van der Waals surface area contributed by atoms with Crippen molar-refractivity contribution in [2.75, 3.05) is 0 Å². The first-order valence-corrected chi connectivity index (χ1v) is 26.0. The summed E-state index contributed by atoms with van der Waals surface area (Å²) >= 11 is 0. The molecule has 0 aliphatic carbocycles. The van der Waals surface area contributed by atoms with Crippen molar-refractivity contribution in [3.05, 3.63) is 205 Å². The van der Waals surface area contributed by atoms with E-state index in [1.54, 1.807) is 6.07 Å². The Kier molecular flexibility index (Phi) is 12.3. The van der Waals surface area contributed by atoms with Crippen LogP contribution in [0.1, 0.15) is 31.9 Å².